The molecule has 10 heteroatoms. The summed E-state index contributed by atoms with van der Waals surface area (Å²) >= 11 is 0. The number of aryl methyl sites for hydroxylation is 2. The minimum Gasteiger partial charge on any atom is -0.508 e. The highest BCUT2D eigenvalue weighted by molar-refractivity contribution is 7.59. The van der Waals surface area contributed by atoms with Crippen molar-refractivity contribution in [3.05, 3.63) is 58.1 Å². The van der Waals surface area contributed by atoms with E-state index >= 15 is 0 Å². The number of carbonyl (C=O) groups excluding carboxylic acids is 2. The van der Waals surface area contributed by atoms with Crippen molar-refractivity contribution in [3.8, 4) is 11.5 Å². The summed E-state index contributed by atoms with van der Waals surface area (Å²) in [5, 5.41) is 16.3. The molecule has 0 aliphatic rings. The van der Waals surface area contributed by atoms with Gasteiger partial charge in [0.2, 0.25) is 7.44 Å². The molecule has 0 amide bonds. The minimum atomic E-state index is -3.76. The Bertz CT molecular complexity index is 1290. The molecule has 252 valence electrons. The maximum Gasteiger partial charge on any atom is 0.324 e. The van der Waals surface area contributed by atoms with Crippen LogP contribution in [-0.2, 0) is 30.0 Å². The van der Waals surface area contributed by atoms with Gasteiger partial charge in [0, 0.05) is 0 Å². The Morgan fingerprint density at radius 2 is 1.24 bits per heavy atom. The van der Waals surface area contributed by atoms with Gasteiger partial charge in [-0.3, -0.25) is 14.2 Å². The van der Waals surface area contributed by atoms with E-state index in [1.807, 2.05) is 65.8 Å². The van der Waals surface area contributed by atoms with E-state index in [1.54, 1.807) is 33.8 Å². The number of nitrogens with one attached hydrogen (secondary N) is 2. The Labute approximate surface area is 270 Å². The first-order valence-corrected chi connectivity index (χ1v) is 17.8. The van der Waals surface area contributed by atoms with E-state index in [1.165, 1.54) is 0 Å². The van der Waals surface area contributed by atoms with Crippen molar-refractivity contribution < 1.29 is 33.5 Å². The lowest BCUT2D eigenvalue weighted by molar-refractivity contribution is -0.151. The molecule has 0 saturated carbocycles. The van der Waals surface area contributed by atoms with Gasteiger partial charge in [0.05, 0.1) is 12.2 Å². The van der Waals surface area contributed by atoms with Gasteiger partial charge in [-0.15, -0.1) is 0 Å². The van der Waals surface area contributed by atoms with Crippen LogP contribution in [0, 0.1) is 25.7 Å². The molecular weight excluding hydrogens is 591 g/mol. The summed E-state index contributed by atoms with van der Waals surface area (Å²) in [4.78, 5) is 26.0. The Balaban J connectivity index is 2.41. The third-order valence-corrected chi connectivity index (χ3v) is 9.30. The first-order valence-electron chi connectivity index (χ1n) is 15.9. The molecule has 0 spiro atoms. The molecular formula is C35H55N2O7P. The number of phenolic OH excluding ortho intramolecular Hbond substituents is 1. The van der Waals surface area contributed by atoms with Crippen molar-refractivity contribution in [1.29, 1.82) is 0 Å². The average molecular weight is 647 g/mol. The maximum absolute atomic E-state index is 14.6. The van der Waals surface area contributed by atoms with Crippen LogP contribution in [0.15, 0.2) is 30.3 Å². The molecule has 0 aliphatic heterocycles. The zero-order valence-electron chi connectivity index (χ0n) is 29.2. The molecule has 0 fully saturated rings. The average Bonchev–Trinajstić information content (AvgIpc) is 2.91. The van der Waals surface area contributed by atoms with Crippen LogP contribution >= 0.6 is 7.44 Å². The number of aromatic hydroxyl groups is 1. The number of carbonyl (C=O) groups is 2. The quantitative estimate of drug-likeness (QED) is 0.127. The van der Waals surface area contributed by atoms with Crippen molar-refractivity contribution in [2.45, 2.75) is 120 Å². The molecule has 45 heavy (non-hydrogen) atoms. The molecule has 2 aromatic rings. The molecule has 2 rings (SSSR count). The number of hydrogen-bond acceptors (Lipinski definition) is 7. The van der Waals surface area contributed by atoms with Crippen LogP contribution in [-0.4, -0.2) is 47.7 Å². The van der Waals surface area contributed by atoms with Crippen LogP contribution in [0.4, 0.5) is 0 Å². The predicted octanol–water partition coefficient (Wildman–Crippen LogP) is 7.38. The zero-order valence-corrected chi connectivity index (χ0v) is 30.1. The Hall–Kier alpha value is -2.87. The highest BCUT2D eigenvalue weighted by atomic mass is 31.2. The van der Waals surface area contributed by atoms with Gasteiger partial charge < -0.3 is 19.3 Å². The van der Waals surface area contributed by atoms with Gasteiger partial charge >= 0.3 is 11.9 Å². The zero-order chi connectivity index (χ0) is 34.2. The molecule has 2 aromatic carbocycles. The molecule has 0 radical (unpaired) electrons. The molecule has 3 N–H and O–H groups in total. The number of esters is 2. The molecule has 0 unspecified atom stereocenters. The molecule has 9 nitrogen and oxygen atoms in total. The summed E-state index contributed by atoms with van der Waals surface area (Å²) in [5.74, 6) is -0.559. The van der Waals surface area contributed by atoms with Gasteiger partial charge in [-0.05, 0) is 112 Å². The van der Waals surface area contributed by atoms with Crippen LogP contribution in [0.5, 0.6) is 11.5 Å². The van der Waals surface area contributed by atoms with Crippen molar-refractivity contribution in [2.75, 3.05) is 6.35 Å². The van der Waals surface area contributed by atoms with Gasteiger partial charge in [-0.1, -0.05) is 53.7 Å². The third-order valence-electron chi connectivity index (χ3n) is 7.42. The number of ether oxygens (including phenoxy) is 3. The second-order valence-corrected chi connectivity index (χ2v) is 15.7. The van der Waals surface area contributed by atoms with Crippen LogP contribution in [0.25, 0.3) is 0 Å². The smallest absolute Gasteiger partial charge is 0.324 e. The number of benzene rings is 2. The van der Waals surface area contributed by atoms with Gasteiger partial charge in [0.25, 0.3) is 0 Å². The first-order chi connectivity index (χ1) is 20.8. The van der Waals surface area contributed by atoms with Crippen LogP contribution in [0.2, 0.25) is 0 Å². The largest absolute Gasteiger partial charge is 0.508 e. The number of phenols is 1. The monoisotopic (exact) mass is 646 g/mol. The summed E-state index contributed by atoms with van der Waals surface area (Å²) in [6, 6.07) is 7.70. The summed E-state index contributed by atoms with van der Waals surface area (Å²) in [5.41, 5.74) is 5.14. The van der Waals surface area contributed by atoms with E-state index in [0.29, 0.717) is 17.9 Å². The minimum absolute atomic E-state index is 0.200. The summed E-state index contributed by atoms with van der Waals surface area (Å²) in [6.45, 7) is 22.5. The predicted molar refractivity (Wildman–Crippen MR) is 180 cm³/mol. The second kappa shape index (κ2) is 16.6. The highest BCUT2D eigenvalue weighted by Crippen LogP contribution is 2.40. The lowest BCUT2D eigenvalue weighted by Gasteiger charge is -2.32. The van der Waals surface area contributed by atoms with Crippen molar-refractivity contribution in [2.24, 2.45) is 11.8 Å². The Kier molecular flexibility index (Phi) is 14.2. The van der Waals surface area contributed by atoms with Crippen LogP contribution in [0.3, 0.4) is 0 Å². The fourth-order valence-electron chi connectivity index (χ4n) is 4.98. The molecule has 0 saturated heterocycles. The SMILES string of the molecule is Cc1cc(OCP(=O)(N[C@H](C(=O)OC(C)C)C(C)C)N[C@H](C(=O)OC(C)C)C(C)C)cc(C)c1Cc1ccc(O)c(C(C)C)c1. The summed E-state index contributed by atoms with van der Waals surface area (Å²) < 4.78 is 31.7. The number of hydrogen-bond donors (Lipinski definition) is 3. The van der Waals surface area contributed by atoms with Crippen LogP contribution in [0.1, 0.15) is 103 Å². The Morgan fingerprint density at radius 3 is 1.64 bits per heavy atom. The molecule has 2 atom stereocenters. The topological polar surface area (TPSA) is 123 Å². The summed E-state index contributed by atoms with van der Waals surface area (Å²) in [6.07, 6.45) is -0.341. The fraction of sp³-hybridized carbons (Fsp3) is 0.600. The molecule has 0 bridgehead atoms. The Morgan fingerprint density at radius 1 is 0.778 bits per heavy atom. The van der Waals surface area contributed by atoms with E-state index in [0.717, 1.165) is 27.8 Å². The van der Waals surface area contributed by atoms with Crippen molar-refractivity contribution in [3.63, 3.8) is 0 Å². The van der Waals surface area contributed by atoms with Crippen molar-refractivity contribution in [1.82, 2.24) is 10.2 Å². The fourth-order valence-corrected chi connectivity index (χ4v) is 7.24. The van der Waals surface area contributed by atoms with Crippen molar-refractivity contribution >= 4 is 19.4 Å². The maximum atomic E-state index is 14.6. The molecule has 0 aliphatic carbocycles. The van der Waals surface area contributed by atoms with E-state index in [4.69, 9.17) is 14.2 Å². The van der Waals surface area contributed by atoms with Gasteiger partial charge in [-0.25, -0.2) is 10.2 Å². The first kappa shape index (κ1) is 38.3. The second-order valence-electron chi connectivity index (χ2n) is 13.4. The molecule has 0 heterocycles. The highest BCUT2D eigenvalue weighted by Gasteiger charge is 2.38. The summed E-state index contributed by atoms with van der Waals surface area (Å²) in [7, 11) is -3.76. The van der Waals surface area contributed by atoms with E-state index in [2.05, 4.69) is 24.0 Å². The van der Waals surface area contributed by atoms with Gasteiger partial charge in [0.1, 0.15) is 23.6 Å². The normalized spacial score (nSPS) is 13.5. The van der Waals surface area contributed by atoms with Gasteiger partial charge in [0.15, 0.2) is 6.35 Å². The third kappa shape index (κ3) is 11.5. The van der Waals surface area contributed by atoms with Crippen LogP contribution < -0.4 is 14.9 Å². The lowest BCUT2D eigenvalue weighted by Crippen LogP contribution is -2.49. The van der Waals surface area contributed by atoms with E-state index in [-0.39, 0.29) is 36.3 Å². The van der Waals surface area contributed by atoms with E-state index < -0.39 is 31.5 Å². The van der Waals surface area contributed by atoms with Gasteiger partial charge in [-0.2, -0.15) is 0 Å². The standard InChI is InChI=1S/C35H55N2O7P/c1-20(2)29-17-27(13-14-31(29)38)18-30-25(11)15-28(16-26(30)12)42-19-45(41,36-32(21(3)4)34(39)43-23(7)8)37-33(22(5)6)35(40)44-24(9)10/h13-17,20-24,32-33,38H,18-19H2,1-12H3,(H2,36,37,41)/t32-,33-/m0/s1. The lowest BCUT2D eigenvalue weighted by atomic mass is 9.93. The molecule has 0 aromatic heterocycles. The number of rotatable bonds is 16. The van der Waals surface area contributed by atoms with E-state index in [9.17, 15) is 19.3 Å².